The van der Waals surface area contributed by atoms with Gasteiger partial charge in [-0.2, -0.15) is 0 Å². The van der Waals surface area contributed by atoms with Gasteiger partial charge in [0.2, 0.25) is 0 Å². The molecule has 0 aliphatic carbocycles. The van der Waals surface area contributed by atoms with E-state index < -0.39 is 0 Å². The standard InChI is InChI=1S/C17H15FSe/c1-2-3-9-17(14-10-12-15(18)13-11-14)19-16-7-5-4-6-8-16/h2,4-13H,1,3H2/b17-9-. The van der Waals surface area contributed by atoms with E-state index in [4.69, 9.17) is 0 Å². The zero-order valence-electron chi connectivity index (χ0n) is 10.6. The SMILES string of the molecule is C=CC/C=C(\[Se]c1ccccc1)c1ccc(F)cc1. The van der Waals surface area contributed by atoms with Crippen LogP contribution in [-0.2, 0) is 0 Å². The summed E-state index contributed by atoms with van der Waals surface area (Å²) in [7, 11) is 0. The van der Waals surface area contributed by atoms with Gasteiger partial charge in [-0.15, -0.1) is 0 Å². The van der Waals surface area contributed by atoms with Gasteiger partial charge in [-0.25, -0.2) is 0 Å². The Morgan fingerprint density at radius 2 is 1.74 bits per heavy atom. The molecule has 19 heavy (non-hydrogen) atoms. The van der Waals surface area contributed by atoms with Crippen molar-refractivity contribution in [1.82, 2.24) is 0 Å². The average Bonchev–Trinajstić information content (AvgIpc) is 2.45. The molecule has 0 N–H and O–H groups in total. The molecule has 0 unspecified atom stereocenters. The minimum absolute atomic E-state index is 0.195. The van der Waals surface area contributed by atoms with Crippen molar-refractivity contribution >= 4 is 23.9 Å². The molecule has 0 spiro atoms. The van der Waals surface area contributed by atoms with Crippen molar-refractivity contribution in [1.29, 1.82) is 0 Å². The molecule has 2 aromatic rings. The van der Waals surface area contributed by atoms with Crippen molar-refractivity contribution in [3.05, 3.63) is 84.7 Å². The molecule has 0 atom stereocenters. The van der Waals surface area contributed by atoms with Crippen molar-refractivity contribution in [3.8, 4) is 0 Å². The van der Waals surface area contributed by atoms with Crippen molar-refractivity contribution in [3.63, 3.8) is 0 Å². The number of benzene rings is 2. The van der Waals surface area contributed by atoms with Crippen molar-refractivity contribution in [2.75, 3.05) is 0 Å². The van der Waals surface area contributed by atoms with Crippen LogP contribution in [0.2, 0.25) is 0 Å². The minimum atomic E-state index is -0.195. The van der Waals surface area contributed by atoms with Gasteiger partial charge in [-0.3, -0.25) is 0 Å². The quantitative estimate of drug-likeness (QED) is 0.582. The molecule has 0 radical (unpaired) electrons. The number of allylic oxidation sites excluding steroid dienone is 2. The van der Waals surface area contributed by atoms with Crippen LogP contribution >= 0.6 is 0 Å². The van der Waals surface area contributed by atoms with Crippen LogP contribution in [0.4, 0.5) is 4.39 Å². The van der Waals surface area contributed by atoms with Crippen LogP contribution < -0.4 is 4.46 Å². The second-order valence-electron chi connectivity index (χ2n) is 4.01. The van der Waals surface area contributed by atoms with Crippen LogP contribution in [0, 0.1) is 5.82 Å². The van der Waals surface area contributed by atoms with Gasteiger partial charge < -0.3 is 0 Å². The van der Waals surface area contributed by atoms with E-state index in [1.807, 2.05) is 36.4 Å². The summed E-state index contributed by atoms with van der Waals surface area (Å²) in [6.07, 6.45) is 4.89. The first-order chi connectivity index (χ1) is 9.29. The first-order valence-electron chi connectivity index (χ1n) is 6.09. The Labute approximate surface area is 119 Å². The van der Waals surface area contributed by atoms with Gasteiger partial charge in [0.25, 0.3) is 0 Å². The molecule has 0 aliphatic heterocycles. The Morgan fingerprint density at radius 3 is 2.37 bits per heavy atom. The second-order valence-corrected chi connectivity index (χ2v) is 6.35. The van der Waals surface area contributed by atoms with E-state index in [-0.39, 0.29) is 20.8 Å². The normalized spacial score (nSPS) is 11.3. The van der Waals surface area contributed by atoms with E-state index in [2.05, 4.69) is 24.8 Å². The van der Waals surface area contributed by atoms with E-state index in [0.29, 0.717) is 0 Å². The van der Waals surface area contributed by atoms with Crippen LogP contribution in [0.15, 0.2) is 73.3 Å². The third-order valence-electron chi connectivity index (χ3n) is 2.57. The van der Waals surface area contributed by atoms with Crippen LogP contribution in [0.1, 0.15) is 12.0 Å². The van der Waals surface area contributed by atoms with Gasteiger partial charge in [0.05, 0.1) is 0 Å². The topological polar surface area (TPSA) is 0 Å². The van der Waals surface area contributed by atoms with Gasteiger partial charge in [-0.05, 0) is 0 Å². The molecular weight excluding hydrogens is 302 g/mol. The molecule has 2 rings (SSSR count). The Balaban J connectivity index is 2.26. The van der Waals surface area contributed by atoms with Crippen molar-refractivity contribution < 1.29 is 4.39 Å². The van der Waals surface area contributed by atoms with E-state index >= 15 is 0 Å². The average molecular weight is 317 g/mol. The number of hydrogen-bond acceptors (Lipinski definition) is 0. The molecule has 0 fully saturated rings. The molecule has 0 saturated carbocycles. The summed E-state index contributed by atoms with van der Waals surface area (Å²) in [6, 6.07) is 17.1. The van der Waals surface area contributed by atoms with Gasteiger partial charge >= 0.3 is 119 Å². The second kappa shape index (κ2) is 7.08. The van der Waals surface area contributed by atoms with Crippen molar-refractivity contribution in [2.45, 2.75) is 6.42 Å². The fourth-order valence-corrected chi connectivity index (χ4v) is 3.70. The molecule has 2 aromatic carbocycles. The van der Waals surface area contributed by atoms with E-state index in [9.17, 15) is 4.39 Å². The molecule has 0 saturated heterocycles. The maximum atomic E-state index is 13.0. The molecule has 0 aliphatic rings. The zero-order valence-corrected chi connectivity index (χ0v) is 12.3. The number of rotatable bonds is 5. The summed E-state index contributed by atoms with van der Waals surface area (Å²) in [5.74, 6) is -0.195. The zero-order chi connectivity index (χ0) is 13.5. The number of halogens is 1. The molecule has 0 amide bonds. The predicted octanol–water partition coefficient (Wildman–Crippen LogP) is 3.77. The summed E-state index contributed by atoms with van der Waals surface area (Å²) < 4.78 is 15.6. The summed E-state index contributed by atoms with van der Waals surface area (Å²) in [6.45, 7) is 3.75. The molecule has 0 nitrogen and oxygen atoms in total. The van der Waals surface area contributed by atoms with Crippen LogP contribution in [0.5, 0.6) is 0 Å². The molecule has 2 heteroatoms. The molecule has 96 valence electrons. The summed E-state index contributed by atoms with van der Waals surface area (Å²) in [5.41, 5.74) is 1.09. The summed E-state index contributed by atoms with van der Waals surface area (Å²) in [4.78, 5) is 0. The summed E-state index contributed by atoms with van der Waals surface area (Å²) >= 11 is 0.224. The van der Waals surface area contributed by atoms with Gasteiger partial charge in [-0.1, -0.05) is 0 Å². The van der Waals surface area contributed by atoms with Crippen LogP contribution in [0.25, 0.3) is 4.47 Å². The Kier molecular flexibility index (Phi) is 5.14. The van der Waals surface area contributed by atoms with E-state index in [1.54, 1.807) is 0 Å². The molecule has 0 aromatic heterocycles. The Hall–Kier alpha value is -1.63. The third kappa shape index (κ3) is 4.20. The van der Waals surface area contributed by atoms with Crippen molar-refractivity contribution in [2.24, 2.45) is 0 Å². The van der Waals surface area contributed by atoms with Gasteiger partial charge in [0.15, 0.2) is 0 Å². The van der Waals surface area contributed by atoms with Crippen LogP contribution in [-0.4, -0.2) is 15.0 Å². The molecule has 0 bridgehead atoms. The predicted molar refractivity (Wildman–Crippen MR) is 81.0 cm³/mol. The number of hydrogen-bond donors (Lipinski definition) is 0. The Morgan fingerprint density at radius 1 is 1.05 bits per heavy atom. The van der Waals surface area contributed by atoms with Gasteiger partial charge in [0, 0.05) is 0 Å². The third-order valence-corrected chi connectivity index (χ3v) is 4.94. The monoisotopic (exact) mass is 318 g/mol. The summed E-state index contributed by atoms with van der Waals surface area (Å²) in [5, 5.41) is 0. The molecular formula is C17H15FSe. The molecule has 0 heterocycles. The fraction of sp³-hybridized carbons (Fsp3) is 0.0588. The first kappa shape index (κ1) is 13.8. The first-order valence-corrected chi connectivity index (χ1v) is 7.81. The maximum absolute atomic E-state index is 13.0. The van der Waals surface area contributed by atoms with Gasteiger partial charge in [0.1, 0.15) is 0 Å². The Bertz CT molecular complexity index is 556. The van der Waals surface area contributed by atoms with E-state index in [1.165, 1.54) is 21.1 Å². The van der Waals surface area contributed by atoms with Crippen LogP contribution in [0.3, 0.4) is 0 Å². The van der Waals surface area contributed by atoms with E-state index in [0.717, 1.165) is 12.0 Å². The fourth-order valence-electron chi connectivity index (χ4n) is 1.64.